The van der Waals surface area contributed by atoms with E-state index in [-0.39, 0.29) is 18.4 Å². The first-order chi connectivity index (χ1) is 14.6. The number of hydrogen-bond acceptors (Lipinski definition) is 5. The number of methoxy groups -OCH3 is 1. The van der Waals surface area contributed by atoms with Crippen LogP contribution < -0.4 is 20.1 Å². The van der Waals surface area contributed by atoms with Crippen LogP contribution in [0.1, 0.15) is 20.7 Å². The van der Waals surface area contributed by atoms with Gasteiger partial charge in [0.2, 0.25) is 0 Å². The summed E-state index contributed by atoms with van der Waals surface area (Å²) in [6.07, 6.45) is 0.733. The van der Waals surface area contributed by atoms with Crippen LogP contribution in [0.5, 0.6) is 11.5 Å². The number of ether oxygens (including phenoxy) is 2. The highest BCUT2D eigenvalue weighted by atomic mass is 16.5. The normalized spacial score (nSPS) is 10.0. The molecule has 0 unspecified atom stereocenters. The zero-order valence-electron chi connectivity index (χ0n) is 16.3. The molecule has 0 heterocycles. The van der Waals surface area contributed by atoms with Gasteiger partial charge in [-0.3, -0.25) is 14.4 Å². The van der Waals surface area contributed by atoms with Crippen LogP contribution >= 0.6 is 0 Å². The van der Waals surface area contributed by atoms with Crippen molar-refractivity contribution in [2.45, 2.75) is 0 Å². The molecular formula is C23H20N2O5. The Kier molecular flexibility index (Phi) is 6.78. The van der Waals surface area contributed by atoms with Gasteiger partial charge >= 0.3 is 0 Å². The van der Waals surface area contributed by atoms with Crippen LogP contribution in [-0.4, -0.2) is 31.8 Å². The number of anilines is 2. The molecule has 2 N–H and O–H groups in total. The smallest absolute Gasteiger partial charge is 0.262 e. The molecule has 2 amide bonds. The highest BCUT2D eigenvalue weighted by molar-refractivity contribution is 6.05. The standard InChI is InChI=1S/C23H20N2O5/c1-29-21-5-3-2-4-20(21)25-23(28)17-8-10-18(11-9-17)24-22(27)15-30-19-12-6-16(14-26)7-13-19/h2-14H,15H2,1H3,(H,24,27)(H,25,28). The Hall–Kier alpha value is -4.13. The van der Waals surface area contributed by atoms with E-state index >= 15 is 0 Å². The maximum absolute atomic E-state index is 12.4. The molecule has 0 aliphatic rings. The lowest BCUT2D eigenvalue weighted by atomic mass is 10.2. The van der Waals surface area contributed by atoms with Crippen molar-refractivity contribution in [2.75, 3.05) is 24.4 Å². The molecule has 3 aromatic rings. The highest BCUT2D eigenvalue weighted by Crippen LogP contribution is 2.24. The van der Waals surface area contributed by atoms with E-state index in [0.717, 1.165) is 6.29 Å². The van der Waals surface area contributed by atoms with Crippen molar-refractivity contribution in [3.05, 3.63) is 83.9 Å². The van der Waals surface area contributed by atoms with Gasteiger partial charge in [-0.05, 0) is 60.7 Å². The van der Waals surface area contributed by atoms with E-state index in [1.54, 1.807) is 66.7 Å². The molecule has 0 atom stereocenters. The first-order valence-electron chi connectivity index (χ1n) is 9.11. The molecule has 152 valence electrons. The third-order valence-corrected chi connectivity index (χ3v) is 4.17. The van der Waals surface area contributed by atoms with Crippen LogP contribution in [0, 0.1) is 0 Å². The summed E-state index contributed by atoms with van der Waals surface area (Å²) in [5, 5.41) is 5.49. The van der Waals surface area contributed by atoms with Gasteiger partial charge in [-0.2, -0.15) is 0 Å². The topological polar surface area (TPSA) is 93.7 Å². The largest absolute Gasteiger partial charge is 0.495 e. The summed E-state index contributed by atoms with van der Waals surface area (Å²) in [6, 6.07) is 20.1. The van der Waals surface area contributed by atoms with Crippen LogP contribution in [0.25, 0.3) is 0 Å². The summed E-state index contributed by atoms with van der Waals surface area (Å²) in [5.41, 5.74) is 2.07. The fourth-order valence-corrected chi connectivity index (χ4v) is 2.64. The highest BCUT2D eigenvalue weighted by Gasteiger charge is 2.10. The molecule has 7 nitrogen and oxygen atoms in total. The molecule has 0 aliphatic heterocycles. The minimum absolute atomic E-state index is 0.184. The van der Waals surface area contributed by atoms with E-state index in [4.69, 9.17) is 9.47 Å². The van der Waals surface area contributed by atoms with Gasteiger partial charge in [-0.1, -0.05) is 12.1 Å². The average molecular weight is 404 g/mol. The van der Waals surface area contributed by atoms with E-state index in [1.165, 1.54) is 7.11 Å². The molecule has 0 aromatic heterocycles. The molecule has 0 radical (unpaired) electrons. The molecule has 3 rings (SSSR count). The molecule has 0 aliphatic carbocycles. The van der Waals surface area contributed by atoms with Gasteiger partial charge < -0.3 is 20.1 Å². The first-order valence-corrected chi connectivity index (χ1v) is 9.11. The fourth-order valence-electron chi connectivity index (χ4n) is 2.64. The molecule has 0 spiro atoms. The van der Waals surface area contributed by atoms with Gasteiger partial charge in [0.05, 0.1) is 12.8 Å². The Morgan fingerprint density at radius 2 is 1.60 bits per heavy atom. The van der Waals surface area contributed by atoms with Gasteiger partial charge in [0.15, 0.2) is 6.61 Å². The lowest BCUT2D eigenvalue weighted by Crippen LogP contribution is -2.20. The number of nitrogens with one attached hydrogen (secondary N) is 2. The molecular weight excluding hydrogens is 384 g/mol. The van der Waals surface area contributed by atoms with Crippen molar-refractivity contribution in [3.8, 4) is 11.5 Å². The number of rotatable bonds is 8. The summed E-state index contributed by atoms with van der Waals surface area (Å²) < 4.78 is 10.6. The minimum atomic E-state index is -0.347. The number of carbonyl (C=O) groups is 3. The van der Waals surface area contributed by atoms with E-state index in [9.17, 15) is 14.4 Å². The summed E-state index contributed by atoms with van der Waals surface area (Å²) in [6.45, 7) is -0.184. The number of para-hydroxylation sites is 2. The molecule has 7 heteroatoms. The Morgan fingerprint density at radius 1 is 0.900 bits per heavy atom. The SMILES string of the molecule is COc1ccccc1NC(=O)c1ccc(NC(=O)COc2ccc(C=O)cc2)cc1. The van der Waals surface area contributed by atoms with Crippen LogP contribution in [0.4, 0.5) is 11.4 Å². The number of benzene rings is 3. The summed E-state index contributed by atoms with van der Waals surface area (Å²) in [5.74, 6) is 0.412. The van der Waals surface area contributed by atoms with Crippen molar-refractivity contribution in [2.24, 2.45) is 0 Å². The van der Waals surface area contributed by atoms with E-state index in [1.807, 2.05) is 6.07 Å². The zero-order valence-corrected chi connectivity index (χ0v) is 16.3. The molecule has 3 aromatic carbocycles. The number of carbonyl (C=O) groups excluding carboxylic acids is 3. The van der Waals surface area contributed by atoms with Crippen LogP contribution in [0.2, 0.25) is 0 Å². The Balaban J connectivity index is 1.53. The Bertz CT molecular complexity index is 1030. The Morgan fingerprint density at radius 3 is 2.27 bits per heavy atom. The fraction of sp³-hybridized carbons (Fsp3) is 0.0870. The second-order valence-corrected chi connectivity index (χ2v) is 6.26. The second-order valence-electron chi connectivity index (χ2n) is 6.26. The number of amides is 2. The molecule has 30 heavy (non-hydrogen) atoms. The predicted molar refractivity (Wildman–Crippen MR) is 113 cm³/mol. The predicted octanol–water partition coefficient (Wildman–Crippen LogP) is 3.78. The van der Waals surface area contributed by atoms with Crippen molar-refractivity contribution >= 4 is 29.5 Å². The van der Waals surface area contributed by atoms with Gasteiger partial charge in [0.25, 0.3) is 11.8 Å². The second kappa shape index (κ2) is 9.88. The van der Waals surface area contributed by atoms with Gasteiger partial charge in [0, 0.05) is 16.8 Å². The third kappa shape index (κ3) is 5.45. The van der Waals surface area contributed by atoms with Crippen molar-refractivity contribution in [1.29, 1.82) is 0 Å². The van der Waals surface area contributed by atoms with Crippen LogP contribution in [0.15, 0.2) is 72.8 Å². The molecule has 0 saturated carbocycles. The van der Waals surface area contributed by atoms with Crippen molar-refractivity contribution in [1.82, 2.24) is 0 Å². The van der Waals surface area contributed by atoms with Gasteiger partial charge in [0.1, 0.15) is 17.8 Å². The monoisotopic (exact) mass is 404 g/mol. The first kappa shape index (κ1) is 20.6. The molecule has 0 fully saturated rings. The quantitative estimate of drug-likeness (QED) is 0.558. The van der Waals surface area contributed by atoms with Crippen LogP contribution in [0.3, 0.4) is 0 Å². The molecule has 0 saturated heterocycles. The minimum Gasteiger partial charge on any atom is -0.495 e. The van der Waals surface area contributed by atoms with Crippen LogP contribution in [-0.2, 0) is 4.79 Å². The van der Waals surface area contributed by atoms with E-state index < -0.39 is 0 Å². The van der Waals surface area contributed by atoms with Gasteiger partial charge in [-0.25, -0.2) is 0 Å². The van der Waals surface area contributed by atoms with Gasteiger partial charge in [-0.15, -0.1) is 0 Å². The van der Waals surface area contributed by atoms with E-state index in [0.29, 0.717) is 34.0 Å². The summed E-state index contributed by atoms with van der Waals surface area (Å²) >= 11 is 0. The maximum Gasteiger partial charge on any atom is 0.262 e. The number of hydrogen-bond donors (Lipinski definition) is 2. The average Bonchev–Trinajstić information content (AvgIpc) is 2.79. The molecule has 0 bridgehead atoms. The maximum atomic E-state index is 12.4. The lowest BCUT2D eigenvalue weighted by Gasteiger charge is -2.11. The zero-order chi connectivity index (χ0) is 21.3. The lowest BCUT2D eigenvalue weighted by molar-refractivity contribution is -0.118. The number of aldehydes is 1. The summed E-state index contributed by atoms with van der Waals surface area (Å²) in [7, 11) is 1.53. The Labute approximate surface area is 173 Å². The third-order valence-electron chi connectivity index (χ3n) is 4.17. The van der Waals surface area contributed by atoms with Crippen molar-refractivity contribution in [3.63, 3.8) is 0 Å². The summed E-state index contributed by atoms with van der Waals surface area (Å²) in [4.78, 5) is 35.1. The van der Waals surface area contributed by atoms with E-state index in [2.05, 4.69) is 10.6 Å². The van der Waals surface area contributed by atoms with Crippen molar-refractivity contribution < 1.29 is 23.9 Å².